The van der Waals surface area contributed by atoms with Crippen molar-refractivity contribution in [3.63, 3.8) is 0 Å². The highest BCUT2D eigenvalue weighted by atomic mass is 35.5. The maximum atomic E-state index is 12.2. The Kier molecular flexibility index (Phi) is 5.48. The fourth-order valence-electron chi connectivity index (χ4n) is 2.57. The molecule has 2 N–H and O–H groups in total. The summed E-state index contributed by atoms with van der Waals surface area (Å²) in [4.78, 5) is 25.1. The van der Waals surface area contributed by atoms with Crippen molar-refractivity contribution in [1.29, 1.82) is 0 Å². The summed E-state index contributed by atoms with van der Waals surface area (Å²) in [5, 5.41) is 1.17. The highest BCUT2D eigenvalue weighted by Crippen LogP contribution is 2.26. The van der Waals surface area contributed by atoms with E-state index in [9.17, 15) is 9.59 Å². The number of piperidine rings is 1. The van der Waals surface area contributed by atoms with E-state index in [0.29, 0.717) is 48.8 Å². The molecule has 0 bridgehead atoms. The molecule has 114 valence electrons. The Labute approximate surface area is 134 Å². The smallest absolute Gasteiger partial charge is 0.222 e. The number of hydrogen-bond acceptors (Lipinski definition) is 2. The maximum Gasteiger partial charge on any atom is 0.222 e. The van der Waals surface area contributed by atoms with E-state index in [1.54, 1.807) is 23.1 Å². The first-order chi connectivity index (χ1) is 9.99. The Morgan fingerprint density at radius 3 is 2.29 bits per heavy atom. The summed E-state index contributed by atoms with van der Waals surface area (Å²) in [6.45, 7) is 1.17. The van der Waals surface area contributed by atoms with Crippen LogP contribution in [0.5, 0.6) is 0 Å². The van der Waals surface area contributed by atoms with Gasteiger partial charge in [0, 0.05) is 35.5 Å². The van der Waals surface area contributed by atoms with Crippen LogP contribution in [0.2, 0.25) is 10.0 Å². The molecule has 1 aromatic carbocycles. The number of benzene rings is 1. The van der Waals surface area contributed by atoms with E-state index in [0.717, 1.165) is 5.56 Å². The van der Waals surface area contributed by atoms with Crippen molar-refractivity contribution in [1.82, 2.24) is 4.90 Å². The fraction of sp³-hybridized carbons (Fsp3) is 0.467. The van der Waals surface area contributed by atoms with Crippen LogP contribution in [0.3, 0.4) is 0 Å². The van der Waals surface area contributed by atoms with E-state index in [1.807, 2.05) is 0 Å². The molecule has 2 rings (SSSR count). The highest BCUT2D eigenvalue weighted by molar-refractivity contribution is 6.36. The van der Waals surface area contributed by atoms with Gasteiger partial charge >= 0.3 is 0 Å². The third-order valence-corrected chi connectivity index (χ3v) is 4.61. The quantitative estimate of drug-likeness (QED) is 0.923. The van der Waals surface area contributed by atoms with Crippen LogP contribution in [0.15, 0.2) is 18.2 Å². The minimum Gasteiger partial charge on any atom is -0.369 e. The number of nitrogens with two attached hydrogens (primary N) is 1. The van der Waals surface area contributed by atoms with Crippen LogP contribution in [-0.4, -0.2) is 29.8 Å². The number of carbonyl (C=O) groups excluding carboxylic acids is 2. The molecular formula is C15H18Cl2N2O2. The molecule has 0 unspecified atom stereocenters. The minimum absolute atomic E-state index is 0.0638. The van der Waals surface area contributed by atoms with E-state index >= 15 is 0 Å². The van der Waals surface area contributed by atoms with Crippen molar-refractivity contribution in [2.75, 3.05) is 13.1 Å². The van der Waals surface area contributed by atoms with E-state index in [1.165, 1.54) is 0 Å². The standard InChI is InChI=1S/C15H18Cl2N2O2/c16-12-2-1-3-13(17)11(12)4-5-14(20)19-8-6-10(7-9-19)15(18)21/h1-3,10H,4-9H2,(H2,18,21). The molecular weight excluding hydrogens is 311 g/mol. The molecule has 0 spiro atoms. The summed E-state index contributed by atoms with van der Waals surface area (Å²) >= 11 is 12.2. The van der Waals surface area contributed by atoms with Crippen molar-refractivity contribution in [2.45, 2.75) is 25.7 Å². The average molecular weight is 329 g/mol. The van der Waals surface area contributed by atoms with Gasteiger partial charge in [0.25, 0.3) is 0 Å². The molecule has 0 aliphatic carbocycles. The lowest BCUT2D eigenvalue weighted by Gasteiger charge is -2.30. The zero-order valence-corrected chi connectivity index (χ0v) is 13.2. The third-order valence-electron chi connectivity index (χ3n) is 3.90. The molecule has 2 amide bonds. The van der Waals surface area contributed by atoms with Gasteiger partial charge in [-0.25, -0.2) is 0 Å². The van der Waals surface area contributed by atoms with Crippen LogP contribution < -0.4 is 5.73 Å². The van der Waals surface area contributed by atoms with E-state index < -0.39 is 0 Å². The first-order valence-electron chi connectivity index (χ1n) is 6.99. The van der Waals surface area contributed by atoms with Gasteiger partial charge in [-0.05, 0) is 37.0 Å². The van der Waals surface area contributed by atoms with E-state index in [4.69, 9.17) is 28.9 Å². The summed E-state index contributed by atoms with van der Waals surface area (Å²) in [5.41, 5.74) is 6.09. The van der Waals surface area contributed by atoms with Gasteiger partial charge in [-0.1, -0.05) is 29.3 Å². The number of rotatable bonds is 4. The molecule has 0 aromatic heterocycles. The normalized spacial score (nSPS) is 16.0. The second-order valence-electron chi connectivity index (χ2n) is 5.26. The molecule has 0 saturated carbocycles. The van der Waals surface area contributed by atoms with Gasteiger partial charge in [-0.3, -0.25) is 9.59 Å². The molecule has 21 heavy (non-hydrogen) atoms. The monoisotopic (exact) mass is 328 g/mol. The average Bonchev–Trinajstić information content (AvgIpc) is 2.46. The number of hydrogen-bond donors (Lipinski definition) is 1. The molecule has 1 aliphatic heterocycles. The van der Waals surface area contributed by atoms with Crippen LogP contribution in [-0.2, 0) is 16.0 Å². The number of carbonyl (C=O) groups is 2. The Hall–Kier alpha value is -1.26. The SMILES string of the molecule is NC(=O)C1CCN(C(=O)CCc2c(Cl)cccc2Cl)CC1. The lowest BCUT2D eigenvalue weighted by molar-refractivity contribution is -0.134. The van der Waals surface area contributed by atoms with Gasteiger partial charge in [0.15, 0.2) is 0 Å². The maximum absolute atomic E-state index is 12.2. The van der Waals surface area contributed by atoms with Crippen LogP contribution >= 0.6 is 23.2 Å². The van der Waals surface area contributed by atoms with Crippen LogP contribution in [0, 0.1) is 5.92 Å². The van der Waals surface area contributed by atoms with Crippen LogP contribution in [0.25, 0.3) is 0 Å². The van der Waals surface area contributed by atoms with E-state index in [2.05, 4.69) is 0 Å². The predicted molar refractivity (Wildman–Crippen MR) is 83.3 cm³/mol. The third kappa shape index (κ3) is 4.11. The highest BCUT2D eigenvalue weighted by Gasteiger charge is 2.25. The van der Waals surface area contributed by atoms with Crippen molar-refractivity contribution < 1.29 is 9.59 Å². The molecule has 1 aliphatic rings. The first-order valence-corrected chi connectivity index (χ1v) is 7.74. The van der Waals surface area contributed by atoms with E-state index in [-0.39, 0.29) is 17.7 Å². The predicted octanol–water partition coefficient (Wildman–Crippen LogP) is 2.65. The molecule has 1 saturated heterocycles. The molecule has 0 atom stereocenters. The van der Waals surface area contributed by atoms with Gasteiger partial charge in [0.2, 0.25) is 11.8 Å². The van der Waals surface area contributed by atoms with Gasteiger partial charge < -0.3 is 10.6 Å². The van der Waals surface area contributed by atoms with Crippen molar-refractivity contribution >= 4 is 35.0 Å². The lowest BCUT2D eigenvalue weighted by atomic mass is 9.96. The van der Waals surface area contributed by atoms with Gasteiger partial charge in [0.05, 0.1) is 0 Å². The van der Waals surface area contributed by atoms with Gasteiger partial charge in [-0.2, -0.15) is 0 Å². The zero-order valence-electron chi connectivity index (χ0n) is 11.6. The van der Waals surface area contributed by atoms with Gasteiger partial charge in [0.1, 0.15) is 0 Å². The van der Waals surface area contributed by atoms with Gasteiger partial charge in [-0.15, -0.1) is 0 Å². The van der Waals surface area contributed by atoms with Crippen LogP contribution in [0.1, 0.15) is 24.8 Å². The van der Waals surface area contributed by atoms with Crippen molar-refractivity contribution in [3.05, 3.63) is 33.8 Å². The molecule has 1 fully saturated rings. The summed E-state index contributed by atoms with van der Waals surface area (Å²) in [5.74, 6) is -0.314. The van der Waals surface area contributed by atoms with Crippen molar-refractivity contribution in [3.8, 4) is 0 Å². The summed E-state index contributed by atoms with van der Waals surface area (Å²) in [6, 6.07) is 5.32. The molecule has 6 heteroatoms. The number of nitrogens with zero attached hydrogens (tertiary/aromatic N) is 1. The topological polar surface area (TPSA) is 63.4 Å². The minimum atomic E-state index is -0.273. The number of likely N-dealkylation sites (tertiary alicyclic amines) is 1. The Morgan fingerprint density at radius 1 is 1.19 bits per heavy atom. The lowest BCUT2D eigenvalue weighted by Crippen LogP contribution is -2.41. The fourth-order valence-corrected chi connectivity index (χ4v) is 3.16. The molecule has 4 nitrogen and oxygen atoms in total. The number of amides is 2. The zero-order chi connectivity index (χ0) is 15.4. The Balaban J connectivity index is 1.87. The first kappa shape index (κ1) is 16.1. The Bertz CT molecular complexity index is 520. The molecule has 1 heterocycles. The number of halogens is 2. The second kappa shape index (κ2) is 7.14. The second-order valence-corrected chi connectivity index (χ2v) is 6.07. The summed E-state index contributed by atoms with van der Waals surface area (Å²) in [6.07, 6.45) is 2.18. The molecule has 0 radical (unpaired) electrons. The summed E-state index contributed by atoms with van der Waals surface area (Å²) < 4.78 is 0. The number of primary amides is 1. The Morgan fingerprint density at radius 2 is 1.76 bits per heavy atom. The van der Waals surface area contributed by atoms with Crippen LogP contribution in [0.4, 0.5) is 0 Å². The molecule has 1 aromatic rings. The summed E-state index contributed by atoms with van der Waals surface area (Å²) in [7, 11) is 0. The van der Waals surface area contributed by atoms with Crippen molar-refractivity contribution in [2.24, 2.45) is 11.7 Å². The largest absolute Gasteiger partial charge is 0.369 e.